The van der Waals surface area contributed by atoms with Crippen LogP contribution in [-0.4, -0.2) is 50.3 Å². The van der Waals surface area contributed by atoms with Crippen LogP contribution in [0.25, 0.3) is 0 Å². The SMILES string of the molecule is COc1ccc(S(=O)(=O)N(CC(=O)N2CCCCCC2)Cc2ccccc2)cc1. The molecule has 0 aliphatic carbocycles. The van der Waals surface area contributed by atoms with Gasteiger partial charge in [0.25, 0.3) is 0 Å². The van der Waals surface area contributed by atoms with Gasteiger partial charge in [-0.25, -0.2) is 8.42 Å². The molecule has 0 bridgehead atoms. The molecule has 0 N–H and O–H groups in total. The monoisotopic (exact) mass is 416 g/mol. The van der Waals surface area contributed by atoms with Gasteiger partial charge in [-0.3, -0.25) is 4.79 Å². The van der Waals surface area contributed by atoms with E-state index in [-0.39, 0.29) is 23.9 Å². The van der Waals surface area contributed by atoms with Crippen LogP contribution >= 0.6 is 0 Å². The molecule has 3 rings (SSSR count). The Hall–Kier alpha value is -2.38. The van der Waals surface area contributed by atoms with E-state index >= 15 is 0 Å². The summed E-state index contributed by atoms with van der Waals surface area (Å²) in [5.74, 6) is 0.444. The number of amides is 1. The lowest BCUT2D eigenvalue weighted by molar-refractivity contribution is -0.131. The van der Waals surface area contributed by atoms with Crippen molar-refractivity contribution in [2.75, 3.05) is 26.7 Å². The molecule has 0 unspecified atom stereocenters. The molecule has 6 nitrogen and oxygen atoms in total. The number of hydrogen-bond donors (Lipinski definition) is 0. The largest absolute Gasteiger partial charge is 0.497 e. The molecule has 29 heavy (non-hydrogen) atoms. The van der Waals surface area contributed by atoms with Crippen LogP contribution in [0.2, 0.25) is 0 Å². The maximum atomic E-state index is 13.3. The maximum absolute atomic E-state index is 13.3. The minimum Gasteiger partial charge on any atom is -0.497 e. The first-order chi connectivity index (χ1) is 14.0. The summed E-state index contributed by atoms with van der Waals surface area (Å²) in [7, 11) is -2.30. The van der Waals surface area contributed by atoms with Crippen molar-refractivity contribution in [3.8, 4) is 5.75 Å². The number of rotatable bonds is 7. The second-order valence-corrected chi connectivity index (χ2v) is 9.17. The smallest absolute Gasteiger partial charge is 0.243 e. The molecule has 0 aromatic heterocycles. The molecule has 0 atom stereocenters. The fourth-order valence-corrected chi connectivity index (χ4v) is 4.86. The zero-order valence-electron chi connectivity index (χ0n) is 16.8. The van der Waals surface area contributed by atoms with E-state index in [0.717, 1.165) is 31.2 Å². The Morgan fingerprint density at radius 3 is 2.17 bits per heavy atom. The summed E-state index contributed by atoms with van der Waals surface area (Å²) in [4.78, 5) is 14.9. The highest BCUT2D eigenvalue weighted by Gasteiger charge is 2.29. The van der Waals surface area contributed by atoms with Gasteiger partial charge in [-0.1, -0.05) is 43.2 Å². The Kier molecular flexibility index (Phi) is 7.28. The van der Waals surface area contributed by atoms with Gasteiger partial charge in [0.05, 0.1) is 18.6 Å². The molecular weight excluding hydrogens is 388 g/mol. The molecule has 0 spiro atoms. The van der Waals surface area contributed by atoms with Crippen LogP contribution in [0.15, 0.2) is 59.5 Å². The van der Waals surface area contributed by atoms with Gasteiger partial charge in [0.15, 0.2) is 0 Å². The van der Waals surface area contributed by atoms with E-state index in [1.165, 1.54) is 23.5 Å². The summed E-state index contributed by atoms with van der Waals surface area (Å²) in [6.45, 7) is 1.37. The third-order valence-electron chi connectivity index (χ3n) is 5.17. The predicted molar refractivity (Wildman–Crippen MR) is 112 cm³/mol. The molecule has 2 aromatic carbocycles. The van der Waals surface area contributed by atoms with Gasteiger partial charge in [-0.15, -0.1) is 0 Å². The molecule has 2 aromatic rings. The third kappa shape index (κ3) is 5.58. The van der Waals surface area contributed by atoms with Crippen LogP contribution in [0, 0.1) is 0 Å². The lowest BCUT2D eigenvalue weighted by Gasteiger charge is -2.26. The second kappa shape index (κ2) is 9.89. The van der Waals surface area contributed by atoms with Crippen LogP contribution in [0.3, 0.4) is 0 Å². The van der Waals surface area contributed by atoms with Crippen LogP contribution in [-0.2, 0) is 21.4 Å². The van der Waals surface area contributed by atoms with Gasteiger partial charge in [0.1, 0.15) is 5.75 Å². The minimum atomic E-state index is -3.84. The molecule has 1 aliphatic rings. The molecular formula is C22H28N2O4S. The second-order valence-electron chi connectivity index (χ2n) is 7.23. The molecule has 0 radical (unpaired) electrons. The van der Waals surface area contributed by atoms with E-state index in [1.807, 2.05) is 30.3 Å². The highest BCUT2D eigenvalue weighted by molar-refractivity contribution is 7.89. The standard InChI is InChI=1S/C22H28N2O4S/c1-28-20-11-13-21(14-12-20)29(26,27)24(17-19-9-5-4-6-10-19)18-22(25)23-15-7-2-3-8-16-23/h4-6,9-14H,2-3,7-8,15-18H2,1H3. The van der Waals surface area contributed by atoms with Crippen LogP contribution in [0.4, 0.5) is 0 Å². The average molecular weight is 417 g/mol. The van der Waals surface area contributed by atoms with Gasteiger partial charge in [0, 0.05) is 19.6 Å². The quantitative estimate of drug-likeness (QED) is 0.695. The number of sulfonamides is 1. The van der Waals surface area contributed by atoms with Crippen molar-refractivity contribution < 1.29 is 17.9 Å². The highest BCUT2D eigenvalue weighted by Crippen LogP contribution is 2.22. The Bertz CT molecular complexity index is 890. The van der Waals surface area contributed by atoms with Crippen molar-refractivity contribution >= 4 is 15.9 Å². The zero-order chi connectivity index (χ0) is 20.7. The lowest BCUT2D eigenvalue weighted by atomic mass is 10.2. The van der Waals surface area contributed by atoms with Gasteiger partial charge in [0.2, 0.25) is 15.9 Å². The van der Waals surface area contributed by atoms with Crippen molar-refractivity contribution in [1.29, 1.82) is 0 Å². The fraction of sp³-hybridized carbons (Fsp3) is 0.409. The van der Waals surface area contributed by atoms with Crippen LogP contribution in [0.5, 0.6) is 5.75 Å². The van der Waals surface area contributed by atoms with Crippen LogP contribution < -0.4 is 4.74 Å². The van der Waals surface area contributed by atoms with Crippen molar-refractivity contribution in [2.45, 2.75) is 37.1 Å². The summed E-state index contributed by atoms with van der Waals surface area (Å²) < 4.78 is 33.1. The Labute approximate surface area is 173 Å². The van der Waals surface area contributed by atoms with Gasteiger partial charge in [-0.05, 0) is 42.7 Å². The fourth-order valence-electron chi connectivity index (χ4n) is 3.48. The molecule has 1 aliphatic heterocycles. The van der Waals surface area contributed by atoms with Crippen molar-refractivity contribution in [2.24, 2.45) is 0 Å². The van der Waals surface area contributed by atoms with E-state index in [2.05, 4.69) is 0 Å². The first-order valence-electron chi connectivity index (χ1n) is 9.96. The molecule has 7 heteroatoms. The first-order valence-corrected chi connectivity index (χ1v) is 11.4. The normalized spacial score (nSPS) is 15.2. The molecule has 1 amide bonds. The van der Waals surface area contributed by atoms with E-state index < -0.39 is 10.0 Å². The first kappa shape index (κ1) is 21.3. The summed E-state index contributed by atoms with van der Waals surface area (Å²) in [6, 6.07) is 15.6. The number of carbonyl (C=O) groups excluding carboxylic acids is 1. The van der Waals surface area contributed by atoms with E-state index in [1.54, 1.807) is 17.0 Å². The van der Waals surface area contributed by atoms with Crippen molar-refractivity contribution in [3.05, 3.63) is 60.2 Å². The third-order valence-corrected chi connectivity index (χ3v) is 6.98. The lowest BCUT2D eigenvalue weighted by Crippen LogP contribution is -2.43. The molecule has 0 saturated carbocycles. The number of ether oxygens (including phenoxy) is 1. The number of likely N-dealkylation sites (tertiary alicyclic amines) is 1. The topological polar surface area (TPSA) is 66.9 Å². The van der Waals surface area contributed by atoms with E-state index in [9.17, 15) is 13.2 Å². The average Bonchev–Trinajstić information content (AvgIpc) is 3.04. The molecule has 1 fully saturated rings. The number of methoxy groups -OCH3 is 1. The summed E-state index contributed by atoms with van der Waals surface area (Å²) in [5.41, 5.74) is 0.841. The molecule has 156 valence electrons. The highest BCUT2D eigenvalue weighted by atomic mass is 32.2. The Morgan fingerprint density at radius 1 is 0.966 bits per heavy atom. The van der Waals surface area contributed by atoms with Crippen LogP contribution in [0.1, 0.15) is 31.2 Å². The van der Waals surface area contributed by atoms with Gasteiger partial charge >= 0.3 is 0 Å². The van der Waals surface area contributed by atoms with Crippen molar-refractivity contribution in [3.63, 3.8) is 0 Å². The number of carbonyl (C=O) groups is 1. The van der Waals surface area contributed by atoms with Gasteiger partial charge in [-0.2, -0.15) is 4.31 Å². The maximum Gasteiger partial charge on any atom is 0.243 e. The zero-order valence-corrected chi connectivity index (χ0v) is 17.6. The number of hydrogen-bond acceptors (Lipinski definition) is 4. The molecule has 1 heterocycles. The summed E-state index contributed by atoms with van der Waals surface area (Å²) >= 11 is 0. The Balaban J connectivity index is 1.85. The van der Waals surface area contributed by atoms with E-state index in [4.69, 9.17) is 4.74 Å². The minimum absolute atomic E-state index is 0.139. The molecule has 1 saturated heterocycles. The predicted octanol–water partition coefficient (Wildman–Crippen LogP) is 3.29. The van der Waals surface area contributed by atoms with Gasteiger partial charge < -0.3 is 9.64 Å². The van der Waals surface area contributed by atoms with Crippen molar-refractivity contribution in [1.82, 2.24) is 9.21 Å². The number of benzene rings is 2. The summed E-state index contributed by atoms with van der Waals surface area (Å²) in [5, 5.41) is 0. The number of nitrogens with zero attached hydrogens (tertiary/aromatic N) is 2. The summed E-state index contributed by atoms with van der Waals surface area (Å²) in [6.07, 6.45) is 4.16. The Morgan fingerprint density at radius 2 is 1.59 bits per heavy atom. The van der Waals surface area contributed by atoms with E-state index in [0.29, 0.717) is 18.8 Å².